The van der Waals surface area contributed by atoms with E-state index in [9.17, 15) is 26.8 Å². The van der Waals surface area contributed by atoms with Gasteiger partial charge in [0.25, 0.3) is 0 Å². The highest BCUT2D eigenvalue weighted by Crippen LogP contribution is 2.63. The minimum absolute atomic E-state index is 0.105. The third-order valence-electron chi connectivity index (χ3n) is 7.29. The molecule has 1 N–H and O–H groups in total. The first-order valence-electron chi connectivity index (χ1n) is 10.4. The van der Waals surface area contributed by atoms with Crippen LogP contribution in [0.4, 0.5) is 8.78 Å². The third kappa shape index (κ3) is 3.85. The van der Waals surface area contributed by atoms with Gasteiger partial charge in [0.1, 0.15) is 5.60 Å². The summed E-state index contributed by atoms with van der Waals surface area (Å²) in [4.78, 5) is 25.7. The topological polar surface area (TPSA) is 107 Å². The molecule has 0 aromatic carbocycles. The molecule has 7 nitrogen and oxygen atoms in total. The minimum atomic E-state index is -5.73. The molecule has 0 aliphatic heterocycles. The summed E-state index contributed by atoms with van der Waals surface area (Å²) in [6.07, 6.45) is 1.42. The van der Waals surface area contributed by atoms with E-state index in [1.807, 2.05) is 6.92 Å². The quantitative estimate of drug-likeness (QED) is 0.463. The smallest absolute Gasteiger partial charge is 0.405 e. The molecule has 0 aromatic rings. The van der Waals surface area contributed by atoms with Crippen molar-refractivity contribution in [2.75, 3.05) is 0 Å². The Bertz CT molecular complexity index is 822. The van der Waals surface area contributed by atoms with E-state index in [-0.39, 0.29) is 24.2 Å². The lowest BCUT2D eigenvalue weighted by molar-refractivity contribution is -0.222. The van der Waals surface area contributed by atoms with Crippen molar-refractivity contribution in [1.82, 2.24) is 0 Å². The Hall–Kier alpha value is -1.29. The molecule has 0 aromatic heterocycles. The second-order valence-electron chi connectivity index (χ2n) is 10.1. The maximum Gasteiger partial charge on any atom is 0.405 e. The predicted molar refractivity (Wildman–Crippen MR) is 102 cm³/mol. The van der Waals surface area contributed by atoms with Gasteiger partial charge >= 0.3 is 27.3 Å². The van der Waals surface area contributed by atoms with Crippen LogP contribution in [0.3, 0.4) is 0 Å². The first-order valence-corrected chi connectivity index (χ1v) is 11.8. The van der Waals surface area contributed by atoms with E-state index in [0.29, 0.717) is 32.1 Å². The molecular formula is C20H30F2O7S. The molecule has 4 fully saturated rings. The number of hydrogen-bond donors (Lipinski definition) is 1. The molecule has 3 atom stereocenters. The van der Waals surface area contributed by atoms with Crippen LogP contribution in [0.5, 0.6) is 0 Å². The van der Waals surface area contributed by atoms with Gasteiger partial charge in [-0.15, -0.1) is 0 Å². The summed E-state index contributed by atoms with van der Waals surface area (Å²) < 4.78 is 69.4. The second-order valence-corrected chi connectivity index (χ2v) is 11.6. The zero-order chi connectivity index (χ0) is 22.8. The van der Waals surface area contributed by atoms with Crippen molar-refractivity contribution in [1.29, 1.82) is 0 Å². The van der Waals surface area contributed by atoms with Gasteiger partial charge in [-0.25, -0.2) is 0 Å². The Balaban J connectivity index is 1.82. The lowest BCUT2D eigenvalue weighted by atomic mass is 9.48. The minimum Gasteiger partial charge on any atom is -0.459 e. The number of carbonyl (C=O) groups is 2. The van der Waals surface area contributed by atoms with Gasteiger partial charge in [0, 0.05) is 6.42 Å². The summed E-state index contributed by atoms with van der Waals surface area (Å²) >= 11 is 0. The number of carbonyl (C=O) groups excluding carboxylic acids is 2. The predicted octanol–water partition coefficient (Wildman–Crippen LogP) is 3.72. The molecule has 4 rings (SSSR count). The SMILES string of the molecule is CCC(C)(C)C(=O)OC12CC3CC(C1)CC(C(=O)OC(C)C(F)(F)S(=O)(=O)O)(C3)C2. The van der Waals surface area contributed by atoms with E-state index in [1.54, 1.807) is 13.8 Å². The fraction of sp³-hybridized carbons (Fsp3) is 0.900. The summed E-state index contributed by atoms with van der Waals surface area (Å²) in [6.45, 7) is 6.21. The van der Waals surface area contributed by atoms with E-state index in [2.05, 4.69) is 0 Å². The molecule has 30 heavy (non-hydrogen) atoms. The summed E-state index contributed by atoms with van der Waals surface area (Å²) in [5, 5.41) is -4.61. The standard InChI is InChI=1S/C20H30F2O7S/c1-5-17(3,4)15(23)29-19-9-13-6-14(10-19)8-18(7-13,11-19)16(24)28-12(2)20(21,22)30(25,26)27/h12-14H,5-11H2,1-4H3,(H,25,26,27). The van der Waals surface area contributed by atoms with Gasteiger partial charge in [0.15, 0.2) is 6.10 Å². The average molecular weight is 453 g/mol. The number of esters is 2. The van der Waals surface area contributed by atoms with Gasteiger partial charge < -0.3 is 9.47 Å². The van der Waals surface area contributed by atoms with E-state index < -0.39 is 43.9 Å². The molecular weight excluding hydrogens is 422 g/mol. The normalized spacial score (nSPS) is 34.5. The largest absolute Gasteiger partial charge is 0.459 e. The van der Waals surface area contributed by atoms with Gasteiger partial charge in [-0.05, 0) is 71.1 Å². The van der Waals surface area contributed by atoms with E-state index in [1.165, 1.54) is 0 Å². The molecule has 4 saturated carbocycles. The highest BCUT2D eigenvalue weighted by molar-refractivity contribution is 7.86. The number of halogens is 2. The highest BCUT2D eigenvalue weighted by atomic mass is 32.2. The zero-order valence-electron chi connectivity index (χ0n) is 17.7. The maximum atomic E-state index is 13.9. The van der Waals surface area contributed by atoms with Gasteiger partial charge in [-0.2, -0.15) is 17.2 Å². The van der Waals surface area contributed by atoms with Crippen LogP contribution in [0.1, 0.15) is 72.6 Å². The Morgan fingerprint density at radius 1 is 1.17 bits per heavy atom. The molecule has 172 valence electrons. The van der Waals surface area contributed by atoms with Gasteiger partial charge in [-0.3, -0.25) is 14.1 Å². The molecule has 4 bridgehead atoms. The van der Waals surface area contributed by atoms with E-state index >= 15 is 0 Å². The van der Waals surface area contributed by atoms with E-state index in [4.69, 9.17) is 14.0 Å². The van der Waals surface area contributed by atoms with E-state index in [0.717, 1.165) is 13.3 Å². The van der Waals surface area contributed by atoms with Gasteiger partial charge in [0.05, 0.1) is 10.8 Å². The fourth-order valence-electron chi connectivity index (χ4n) is 5.58. The molecule has 4 aliphatic carbocycles. The summed E-state index contributed by atoms with van der Waals surface area (Å²) in [6, 6.07) is 0. The van der Waals surface area contributed by atoms with Crippen molar-refractivity contribution in [3.63, 3.8) is 0 Å². The molecule has 0 heterocycles. The van der Waals surface area contributed by atoms with Crippen molar-refractivity contribution in [3.05, 3.63) is 0 Å². The Labute approximate surface area is 175 Å². The van der Waals surface area contributed by atoms with Crippen LogP contribution in [0.15, 0.2) is 0 Å². The van der Waals surface area contributed by atoms with Gasteiger partial charge in [0.2, 0.25) is 0 Å². The monoisotopic (exact) mass is 452 g/mol. The summed E-state index contributed by atoms with van der Waals surface area (Å²) in [7, 11) is -5.73. The highest BCUT2D eigenvalue weighted by Gasteiger charge is 2.64. The lowest BCUT2D eigenvalue weighted by Gasteiger charge is -2.60. The molecule has 10 heteroatoms. The average Bonchev–Trinajstić information content (AvgIpc) is 2.58. The Kier molecular flexibility index (Phi) is 5.54. The van der Waals surface area contributed by atoms with Crippen LogP contribution in [-0.4, -0.2) is 41.9 Å². The summed E-state index contributed by atoms with van der Waals surface area (Å²) in [5.41, 5.74) is -2.60. The van der Waals surface area contributed by atoms with Crippen LogP contribution in [0, 0.1) is 22.7 Å². The molecule has 4 aliphatic rings. The van der Waals surface area contributed by atoms with Crippen LogP contribution in [0.25, 0.3) is 0 Å². The fourth-order valence-corrected chi connectivity index (χ4v) is 6.05. The molecule has 0 amide bonds. The third-order valence-corrected chi connectivity index (χ3v) is 8.31. The van der Waals surface area contributed by atoms with Crippen molar-refractivity contribution in [2.45, 2.75) is 89.6 Å². The van der Waals surface area contributed by atoms with Crippen molar-refractivity contribution in [3.8, 4) is 0 Å². The van der Waals surface area contributed by atoms with Crippen molar-refractivity contribution < 1.29 is 40.8 Å². The second kappa shape index (κ2) is 7.12. The summed E-state index contributed by atoms with van der Waals surface area (Å²) in [5.74, 6) is -1.05. The van der Waals surface area contributed by atoms with Crippen molar-refractivity contribution >= 4 is 22.1 Å². The van der Waals surface area contributed by atoms with Gasteiger partial charge in [-0.1, -0.05) is 6.92 Å². The van der Waals surface area contributed by atoms with Crippen molar-refractivity contribution in [2.24, 2.45) is 22.7 Å². The molecule has 0 radical (unpaired) electrons. The number of rotatable bonds is 7. The van der Waals surface area contributed by atoms with Crippen LogP contribution in [0.2, 0.25) is 0 Å². The Morgan fingerprint density at radius 2 is 1.70 bits per heavy atom. The zero-order valence-corrected chi connectivity index (χ0v) is 18.6. The first-order chi connectivity index (χ1) is 13.6. The maximum absolute atomic E-state index is 13.9. The lowest BCUT2D eigenvalue weighted by Crippen LogP contribution is -2.61. The Morgan fingerprint density at radius 3 is 2.17 bits per heavy atom. The number of hydrogen-bond acceptors (Lipinski definition) is 6. The molecule has 0 spiro atoms. The first kappa shape index (κ1) is 23.4. The number of alkyl halides is 2. The molecule has 0 saturated heterocycles. The number of ether oxygens (including phenoxy) is 2. The molecule has 3 unspecified atom stereocenters. The van der Waals surface area contributed by atoms with Crippen LogP contribution >= 0.6 is 0 Å². The van der Waals surface area contributed by atoms with Crippen LogP contribution < -0.4 is 0 Å². The van der Waals surface area contributed by atoms with Crippen LogP contribution in [-0.2, 0) is 29.2 Å².